The summed E-state index contributed by atoms with van der Waals surface area (Å²) in [6.07, 6.45) is 5.55. The Bertz CT molecular complexity index is 486. The summed E-state index contributed by atoms with van der Waals surface area (Å²) in [6.45, 7) is 0. The number of rotatable bonds is 4. The lowest BCUT2D eigenvalue weighted by molar-refractivity contribution is 0.111. The van der Waals surface area contributed by atoms with Gasteiger partial charge in [-0.1, -0.05) is 12.2 Å². The molecule has 0 N–H and O–H groups in total. The van der Waals surface area contributed by atoms with Crippen molar-refractivity contribution in [2.24, 2.45) is 0 Å². The average Bonchev–Trinajstić information content (AvgIpc) is 2.95. The number of carbonyl (C=O) groups is 2. The van der Waals surface area contributed by atoms with Crippen LogP contribution in [0.15, 0.2) is 22.9 Å². The molecule has 0 fully saturated rings. The molecule has 0 aliphatic carbocycles. The van der Waals surface area contributed by atoms with Gasteiger partial charge in [-0.15, -0.1) is 22.7 Å². The summed E-state index contributed by atoms with van der Waals surface area (Å²) >= 11 is 2.84. The van der Waals surface area contributed by atoms with Crippen LogP contribution in [0, 0.1) is 0 Å². The van der Waals surface area contributed by atoms with Crippen molar-refractivity contribution in [1.82, 2.24) is 0 Å². The summed E-state index contributed by atoms with van der Waals surface area (Å²) in [4.78, 5) is 22.4. The summed E-state index contributed by atoms with van der Waals surface area (Å²) < 4.78 is 0. The largest absolute Gasteiger partial charge is 0.297 e. The van der Waals surface area contributed by atoms with Crippen molar-refractivity contribution in [3.8, 4) is 0 Å². The van der Waals surface area contributed by atoms with Crippen molar-refractivity contribution in [2.45, 2.75) is 0 Å². The van der Waals surface area contributed by atoms with E-state index in [4.69, 9.17) is 0 Å². The van der Waals surface area contributed by atoms with Crippen molar-refractivity contribution in [1.29, 1.82) is 0 Å². The smallest absolute Gasteiger partial charge is 0.160 e. The molecule has 0 bridgehead atoms. The Labute approximate surface area is 101 Å². The second-order valence-electron chi connectivity index (χ2n) is 3.13. The highest BCUT2D eigenvalue weighted by molar-refractivity contribution is 7.12. The normalized spacial score (nSPS) is 10.8. The number of aldehydes is 2. The Balaban J connectivity index is 2.13. The lowest BCUT2D eigenvalue weighted by atomic mass is 10.2. The van der Waals surface area contributed by atoms with E-state index in [0.29, 0.717) is 0 Å². The van der Waals surface area contributed by atoms with Crippen LogP contribution in [0.1, 0.15) is 30.5 Å². The zero-order valence-electron chi connectivity index (χ0n) is 8.25. The molecule has 2 heterocycles. The fourth-order valence-electron chi connectivity index (χ4n) is 1.23. The maximum atomic E-state index is 10.5. The minimum absolute atomic E-state index is 0.721. The number of hydrogen-bond donors (Lipinski definition) is 0. The molecule has 0 saturated heterocycles. The Morgan fingerprint density at radius 3 is 1.56 bits per heavy atom. The van der Waals surface area contributed by atoms with Crippen LogP contribution in [0.5, 0.6) is 0 Å². The molecule has 0 atom stereocenters. The number of hydrogen-bond acceptors (Lipinski definition) is 4. The summed E-state index contributed by atoms with van der Waals surface area (Å²) in [6, 6.07) is 3.67. The first-order valence-corrected chi connectivity index (χ1v) is 6.33. The summed E-state index contributed by atoms with van der Waals surface area (Å²) in [5.41, 5.74) is 2.01. The summed E-state index contributed by atoms with van der Waals surface area (Å²) in [5.74, 6) is 0. The van der Waals surface area contributed by atoms with Gasteiger partial charge in [0.15, 0.2) is 12.6 Å². The Morgan fingerprint density at radius 1 is 0.812 bits per heavy atom. The molecular formula is C12H8O2S2. The molecule has 16 heavy (non-hydrogen) atoms. The third kappa shape index (κ3) is 2.53. The van der Waals surface area contributed by atoms with E-state index < -0.39 is 0 Å². The van der Waals surface area contributed by atoms with E-state index in [9.17, 15) is 9.59 Å². The molecule has 0 amide bonds. The second-order valence-corrected chi connectivity index (χ2v) is 5.02. The van der Waals surface area contributed by atoms with Crippen molar-refractivity contribution in [3.63, 3.8) is 0 Å². The van der Waals surface area contributed by atoms with E-state index in [1.54, 1.807) is 0 Å². The van der Waals surface area contributed by atoms with E-state index in [1.807, 2.05) is 35.0 Å². The van der Waals surface area contributed by atoms with Gasteiger partial charge in [-0.25, -0.2) is 0 Å². The van der Waals surface area contributed by atoms with E-state index in [-0.39, 0.29) is 0 Å². The number of thiophene rings is 2. The van der Waals surface area contributed by atoms with Gasteiger partial charge in [0.2, 0.25) is 0 Å². The van der Waals surface area contributed by atoms with Gasteiger partial charge in [0.25, 0.3) is 0 Å². The van der Waals surface area contributed by atoms with Gasteiger partial charge in [-0.3, -0.25) is 9.59 Å². The van der Waals surface area contributed by atoms with E-state index in [2.05, 4.69) is 0 Å². The van der Waals surface area contributed by atoms with Crippen LogP contribution in [-0.2, 0) is 0 Å². The predicted octanol–water partition coefficient (Wildman–Crippen LogP) is 3.61. The molecule has 80 valence electrons. The predicted molar refractivity (Wildman–Crippen MR) is 68.3 cm³/mol. The lowest BCUT2D eigenvalue weighted by Gasteiger charge is -1.83. The second kappa shape index (κ2) is 5.01. The van der Waals surface area contributed by atoms with Gasteiger partial charge in [-0.05, 0) is 34.0 Å². The Kier molecular flexibility index (Phi) is 3.44. The van der Waals surface area contributed by atoms with E-state index in [0.717, 1.165) is 33.5 Å². The van der Waals surface area contributed by atoms with Crippen molar-refractivity contribution < 1.29 is 9.59 Å². The van der Waals surface area contributed by atoms with Crippen LogP contribution in [0.2, 0.25) is 0 Å². The molecule has 2 nitrogen and oxygen atoms in total. The molecule has 2 aromatic heterocycles. The minimum atomic E-state index is 0.721. The quantitative estimate of drug-likeness (QED) is 0.775. The Hall–Kier alpha value is -1.52. The van der Waals surface area contributed by atoms with Crippen LogP contribution < -0.4 is 0 Å². The molecule has 0 aromatic carbocycles. The first-order valence-electron chi connectivity index (χ1n) is 4.57. The zero-order valence-corrected chi connectivity index (χ0v) is 9.88. The van der Waals surface area contributed by atoms with Gasteiger partial charge < -0.3 is 0 Å². The summed E-state index contributed by atoms with van der Waals surface area (Å²) in [7, 11) is 0. The third-order valence-electron chi connectivity index (χ3n) is 1.98. The van der Waals surface area contributed by atoms with E-state index >= 15 is 0 Å². The molecule has 0 aliphatic rings. The number of carbonyl (C=O) groups excluding carboxylic acids is 2. The van der Waals surface area contributed by atoms with Crippen molar-refractivity contribution in [2.75, 3.05) is 0 Å². The fraction of sp³-hybridized carbons (Fsp3) is 0. The molecular weight excluding hydrogens is 240 g/mol. The molecule has 0 unspecified atom stereocenters. The first kappa shape index (κ1) is 11.0. The lowest BCUT2D eigenvalue weighted by Crippen LogP contribution is -1.68. The summed E-state index contributed by atoms with van der Waals surface area (Å²) in [5, 5.41) is 3.85. The standard InChI is InChI=1S/C12H8O2S2/c13-5-11-3-9(7-15-11)1-2-10-4-12(6-14)16-8-10/h1-8H/b2-1+. The van der Waals surface area contributed by atoms with Gasteiger partial charge >= 0.3 is 0 Å². The van der Waals surface area contributed by atoms with Crippen LogP contribution in [-0.4, -0.2) is 12.6 Å². The highest BCUT2D eigenvalue weighted by atomic mass is 32.1. The van der Waals surface area contributed by atoms with Crippen molar-refractivity contribution >= 4 is 47.4 Å². The van der Waals surface area contributed by atoms with Crippen molar-refractivity contribution in [3.05, 3.63) is 43.8 Å². The SMILES string of the molecule is O=Cc1cc(/C=C/c2csc(C=O)c2)cs1. The Morgan fingerprint density at radius 2 is 1.25 bits per heavy atom. The molecule has 0 aliphatic heterocycles. The average molecular weight is 248 g/mol. The van der Waals surface area contributed by atoms with Crippen LogP contribution >= 0.6 is 22.7 Å². The zero-order chi connectivity index (χ0) is 11.4. The molecule has 2 rings (SSSR count). The maximum absolute atomic E-state index is 10.5. The van der Waals surface area contributed by atoms with Gasteiger partial charge in [-0.2, -0.15) is 0 Å². The van der Waals surface area contributed by atoms with Crippen LogP contribution in [0.25, 0.3) is 12.2 Å². The molecule has 0 saturated carbocycles. The van der Waals surface area contributed by atoms with Crippen LogP contribution in [0.3, 0.4) is 0 Å². The maximum Gasteiger partial charge on any atom is 0.160 e. The minimum Gasteiger partial charge on any atom is -0.297 e. The molecule has 4 heteroatoms. The van der Waals surface area contributed by atoms with Crippen LogP contribution in [0.4, 0.5) is 0 Å². The van der Waals surface area contributed by atoms with E-state index in [1.165, 1.54) is 22.7 Å². The molecule has 0 radical (unpaired) electrons. The fourth-order valence-corrected chi connectivity index (χ4v) is 2.58. The monoisotopic (exact) mass is 248 g/mol. The topological polar surface area (TPSA) is 34.1 Å². The highest BCUT2D eigenvalue weighted by Crippen LogP contribution is 2.18. The highest BCUT2D eigenvalue weighted by Gasteiger charge is 1.97. The van der Waals surface area contributed by atoms with Gasteiger partial charge in [0.05, 0.1) is 9.75 Å². The molecule has 0 spiro atoms. The van der Waals surface area contributed by atoms with Gasteiger partial charge in [0, 0.05) is 0 Å². The third-order valence-corrected chi connectivity index (χ3v) is 3.73. The molecule has 2 aromatic rings. The first-order chi connectivity index (χ1) is 7.81. The van der Waals surface area contributed by atoms with Gasteiger partial charge in [0.1, 0.15) is 0 Å².